The summed E-state index contributed by atoms with van der Waals surface area (Å²) in [7, 11) is 0. The van der Waals surface area contributed by atoms with E-state index in [-0.39, 0.29) is 0 Å². The number of morpholine rings is 1. The van der Waals surface area contributed by atoms with Gasteiger partial charge in [-0.1, -0.05) is 29.8 Å². The Kier molecular flexibility index (Phi) is 3.85. The molecule has 4 heteroatoms. The molecule has 0 saturated carbocycles. The highest BCUT2D eigenvalue weighted by Crippen LogP contribution is 2.26. The number of allylic oxidation sites excluding steroid dienone is 2. The number of aromatic nitrogens is 2. The van der Waals surface area contributed by atoms with Gasteiger partial charge in [-0.2, -0.15) is 5.10 Å². The summed E-state index contributed by atoms with van der Waals surface area (Å²) in [5.41, 5.74) is 8.89. The number of rotatable bonds is 2. The molecule has 1 aromatic carbocycles. The summed E-state index contributed by atoms with van der Waals surface area (Å²) in [6.07, 6.45) is 4.17. The lowest BCUT2D eigenvalue weighted by Crippen LogP contribution is -2.37. The molecule has 3 heterocycles. The van der Waals surface area contributed by atoms with Gasteiger partial charge in [0.25, 0.3) is 0 Å². The molecule has 0 aliphatic carbocycles. The van der Waals surface area contributed by atoms with Crippen molar-refractivity contribution in [3.63, 3.8) is 0 Å². The van der Waals surface area contributed by atoms with Gasteiger partial charge in [0.1, 0.15) is 5.82 Å². The van der Waals surface area contributed by atoms with E-state index in [1.54, 1.807) is 0 Å². The fourth-order valence-electron chi connectivity index (χ4n) is 3.05. The molecule has 2 aliphatic rings. The van der Waals surface area contributed by atoms with Crippen molar-refractivity contribution in [1.29, 1.82) is 0 Å². The van der Waals surface area contributed by atoms with Crippen molar-refractivity contribution in [3.05, 3.63) is 59.0 Å². The molecular weight excluding hydrogens is 298 g/mol. The molecular formula is C20H21N3O. The lowest BCUT2D eigenvalue weighted by Gasteiger charge is -2.31. The predicted molar refractivity (Wildman–Crippen MR) is 96.2 cm³/mol. The minimum atomic E-state index is 0.759. The third-order valence-corrected chi connectivity index (χ3v) is 4.43. The highest BCUT2D eigenvalue weighted by Gasteiger charge is 2.20. The first-order chi connectivity index (χ1) is 11.7. The van der Waals surface area contributed by atoms with Gasteiger partial charge in [0.15, 0.2) is 0 Å². The quantitative estimate of drug-likeness (QED) is 0.793. The minimum Gasteiger partial charge on any atom is -0.378 e. The smallest absolute Gasteiger partial charge is 0.131 e. The Morgan fingerprint density at radius 1 is 1.08 bits per heavy atom. The van der Waals surface area contributed by atoms with Crippen LogP contribution in [0.15, 0.2) is 47.7 Å². The molecule has 0 atom stereocenters. The third kappa shape index (κ3) is 2.82. The summed E-state index contributed by atoms with van der Waals surface area (Å²) in [6, 6.07) is 10.6. The lowest BCUT2D eigenvalue weighted by molar-refractivity contribution is 0.0611. The van der Waals surface area contributed by atoms with Gasteiger partial charge in [0.05, 0.1) is 24.6 Å². The standard InChI is InChI=1S/C20H21N3O/c1-15-3-6-17(7-4-15)19-14-18-8-5-16(2)13-20(23(18)21-19)22-9-11-24-12-10-22/h3-4,6-8,13-14H,9-12H2,1-2H3. The maximum Gasteiger partial charge on any atom is 0.131 e. The second-order valence-corrected chi connectivity index (χ2v) is 6.31. The monoisotopic (exact) mass is 319 g/mol. The molecule has 2 aromatic rings. The summed E-state index contributed by atoms with van der Waals surface area (Å²) in [4.78, 5) is 2.34. The van der Waals surface area contributed by atoms with Gasteiger partial charge in [-0.15, -0.1) is 5.73 Å². The van der Waals surface area contributed by atoms with Crippen molar-refractivity contribution in [3.8, 4) is 11.3 Å². The van der Waals surface area contributed by atoms with E-state index in [2.05, 4.69) is 60.9 Å². The first-order valence-electron chi connectivity index (χ1n) is 8.36. The van der Waals surface area contributed by atoms with E-state index in [9.17, 15) is 0 Å². The summed E-state index contributed by atoms with van der Waals surface area (Å²) < 4.78 is 7.53. The Balaban J connectivity index is 1.78. The van der Waals surface area contributed by atoms with Crippen LogP contribution in [0.3, 0.4) is 0 Å². The van der Waals surface area contributed by atoms with Gasteiger partial charge in [-0.3, -0.25) is 0 Å². The first-order valence-corrected chi connectivity index (χ1v) is 8.36. The fourth-order valence-corrected chi connectivity index (χ4v) is 3.05. The second kappa shape index (κ2) is 6.16. The number of fused-ring (bicyclic) bond motifs is 1. The third-order valence-electron chi connectivity index (χ3n) is 4.43. The molecule has 122 valence electrons. The van der Waals surface area contributed by atoms with Gasteiger partial charge in [0.2, 0.25) is 0 Å². The maximum atomic E-state index is 5.49. The van der Waals surface area contributed by atoms with E-state index < -0.39 is 0 Å². The minimum absolute atomic E-state index is 0.759. The highest BCUT2D eigenvalue weighted by molar-refractivity contribution is 5.67. The Morgan fingerprint density at radius 2 is 1.83 bits per heavy atom. The highest BCUT2D eigenvalue weighted by atomic mass is 16.5. The molecule has 0 bridgehead atoms. The maximum absolute atomic E-state index is 5.49. The van der Waals surface area contributed by atoms with Crippen molar-refractivity contribution < 1.29 is 4.74 Å². The van der Waals surface area contributed by atoms with Crippen LogP contribution in [0.5, 0.6) is 0 Å². The molecule has 1 aromatic heterocycles. The molecule has 24 heavy (non-hydrogen) atoms. The second-order valence-electron chi connectivity index (χ2n) is 6.31. The molecule has 1 saturated heterocycles. The molecule has 2 aliphatic heterocycles. The SMILES string of the molecule is CC1=C=Cc2cc(-c3ccc(C)cc3)nn2C(N2CCOCC2)=C1. The van der Waals surface area contributed by atoms with Crippen molar-refractivity contribution >= 4 is 11.9 Å². The molecule has 0 amide bonds. The van der Waals surface area contributed by atoms with Gasteiger partial charge in [-0.05, 0) is 31.6 Å². The molecule has 4 rings (SSSR count). The Bertz CT molecular complexity index is 846. The lowest BCUT2D eigenvalue weighted by atomic mass is 10.1. The van der Waals surface area contributed by atoms with Crippen LogP contribution in [0.1, 0.15) is 18.2 Å². The van der Waals surface area contributed by atoms with Gasteiger partial charge < -0.3 is 9.64 Å². The summed E-state index contributed by atoms with van der Waals surface area (Å²) in [5, 5.41) is 4.88. The largest absolute Gasteiger partial charge is 0.378 e. The number of nitrogens with zero attached hydrogens (tertiary/aromatic N) is 3. The van der Waals surface area contributed by atoms with E-state index in [0.29, 0.717) is 0 Å². The summed E-state index contributed by atoms with van der Waals surface area (Å²) in [6.45, 7) is 7.46. The molecule has 1 fully saturated rings. The van der Waals surface area contributed by atoms with Gasteiger partial charge >= 0.3 is 0 Å². The van der Waals surface area contributed by atoms with E-state index in [1.165, 1.54) is 5.56 Å². The van der Waals surface area contributed by atoms with Gasteiger partial charge in [-0.25, -0.2) is 4.68 Å². The molecule has 4 nitrogen and oxygen atoms in total. The van der Waals surface area contributed by atoms with Crippen molar-refractivity contribution in [2.45, 2.75) is 13.8 Å². The summed E-state index contributed by atoms with van der Waals surface area (Å²) in [5.74, 6) is 1.10. The predicted octanol–water partition coefficient (Wildman–Crippen LogP) is 3.56. The van der Waals surface area contributed by atoms with E-state index >= 15 is 0 Å². The van der Waals surface area contributed by atoms with Crippen molar-refractivity contribution in [2.75, 3.05) is 26.3 Å². The molecule has 0 spiro atoms. The molecule has 0 N–H and O–H groups in total. The van der Waals surface area contributed by atoms with Crippen LogP contribution in [-0.4, -0.2) is 41.0 Å². The molecule has 0 unspecified atom stereocenters. The Labute approximate surface area is 142 Å². The number of hydrogen-bond acceptors (Lipinski definition) is 3. The van der Waals surface area contributed by atoms with Crippen molar-refractivity contribution in [1.82, 2.24) is 14.7 Å². The number of ether oxygens (including phenoxy) is 1. The average Bonchev–Trinajstić information content (AvgIpc) is 2.96. The Morgan fingerprint density at radius 3 is 2.58 bits per heavy atom. The van der Waals surface area contributed by atoms with Crippen LogP contribution >= 0.6 is 0 Å². The normalized spacial score (nSPS) is 17.2. The number of aryl methyl sites for hydroxylation is 1. The van der Waals surface area contributed by atoms with Crippen LogP contribution in [0.2, 0.25) is 0 Å². The van der Waals surface area contributed by atoms with Crippen LogP contribution in [0, 0.1) is 6.92 Å². The van der Waals surface area contributed by atoms with Crippen LogP contribution in [0.25, 0.3) is 23.2 Å². The Hall–Kier alpha value is -2.55. The van der Waals surface area contributed by atoms with Crippen LogP contribution in [0.4, 0.5) is 0 Å². The van der Waals surface area contributed by atoms with Crippen LogP contribution in [-0.2, 0) is 4.74 Å². The fraction of sp³-hybridized carbons (Fsp3) is 0.300. The van der Waals surface area contributed by atoms with E-state index in [4.69, 9.17) is 9.84 Å². The first kappa shape index (κ1) is 15.0. The van der Waals surface area contributed by atoms with E-state index in [1.807, 2.05) is 10.8 Å². The average molecular weight is 319 g/mol. The van der Waals surface area contributed by atoms with Gasteiger partial charge in [0, 0.05) is 24.7 Å². The number of hydrogen-bond donors (Lipinski definition) is 0. The zero-order chi connectivity index (χ0) is 16.5. The van der Waals surface area contributed by atoms with Crippen molar-refractivity contribution in [2.24, 2.45) is 0 Å². The zero-order valence-electron chi connectivity index (χ0n) is 14.1. The van der Waals surface area contributed by atoms with Crippen LogP contribution < -0.4 is 0 Å². The topological polar surface area (TPSA) is 30.3 Å². The van der Waals surface area contributed by atoms with E-state index in [0.717, 1.165) is 54.6 Å². The number of benzene rings is 1. The summed E-state index contributed by atoms with van der Waals surface area (Å²) >= 11 is 0. The molecule has 0 radical (unpaired) electrons. The zero-order valence-corrected chi connectivity index (χ0v) is 14.1.